The molecular formula is C9H4F5NO. The molecule has 7 heteroatoms. The lowest BCUT2D eigenvalue weighted by Gasteiger charge is -2.13. The smallest absolute Gasteiger partial charge is 0.420 e. The summed E-state index contributed by atoms with van der Waals surface area (Å²) in [4.78, 5) is 0. The molecular weight excluding hydrogens is 233 g/mol. The fourth-order valence-corrected chi connectivity index (χ4v) is 1.02. The number of halogens is 5. The molecule has 0 N–H and O–H groups in total. The van der Waals surface area contributed by atoms with Crippen molar-refractivity contribution in [1.82, 2.24) is 0 Å². The second-order valence-electron chi connectivity index (χ2n) is 2.70. The van der Waals surface area contributed by atoms with Crippen LogP contribution in [0.2, 0.25) is 0 Å². The molecule has 16 heavy (non-hydrogen) atoms. The molecule has 0 heterocycles. The van der Waals surface area contributed by atoms with E-state index in [0.717, 1.165) is 6.07 Å². The summed E-state index contributed by atoms with van der Waals surface area (Å²) in [6.07, 6.45) is -4.85. The first kappa shape index (κ1) is 12.2. The van der Waals surface area contributed by atoms with E-state index in [1.807, 2.05) is 0 Å². The van der Waals surface area contributed by atoms with Crippen LogP contribution in [-0.4, -0.2) is 6.61 Å². The van der Waals surface area contributed by atoms with Gasteiger partial charge in [0.1, 0.15) is 5.75 Å². The van der Waals surface area contributed by atoms with E-state index in [-0.39, 0.29) is 5.56 Å². The number of benzene rings is 1. The number of nitriles is 1. The van der Waals surface area contributed by atoms with Gasteiger partial charge >= 0.3 is 12.8 Å². The fourth-order valence-electron chi connectivity index (χ4n) is 1.02. The Kier molecular flexibility index (Phi) is 3.32. The first-order valence-electron chi connectivity index (χ1n) is 3.90. The van der Waals surface area contributed by atoms with Crippen LogP contribution in [-0.2, 0) is 6.18 Å². The lowest BCUT2D eigenvalue weighted by Crippen LogP contribution is -2.11. The summed E-state index contributed by atoms with van der Waals surface area (Å²) in [7, 11) is 0. The van der Waals surface area contributed by atoms with Gasteiger partial charge in [-0.2, -0.15) is 27.2 Å². The number of nitrogens with zero attached hydrogens (tertiary/aromatic N) is 1. The van der Waals surface area contributed by atoms with E-state index in [1.165, 1.54) is 6.07 Å². The SMILES string of the molecule is N#Cc1ccc(OC(F)F)c(C(F)(F)F)c1. The molecule has 0 bridgehead atoms. The molecule has 1 rings (SSSR count). The van der Waals surface area contributed by atoms with Gasteiger partial charge in [-0.15, -0.1) is 0 Å². The summed E-state index contributed by atoms with van der Waals surface area (Å²) >= 11 is 0. The zero-order valence-electron chi connectivity index (χ0n) is 7.55. The number of ether oxygens (including phenoxy) is 1. The van der Waals surface area contributed by atoms with E-state index in [1.54, 1.807) is 0 Å². The Morgan fingerprint density at radius 3 is 2.31 bits per heavy atom. The molecule has 1 aromatic carbocycles. The van der Waals surface area contributed by atoms with Gasteiger partial charge in [-0.05, 0) is 18.2 Å². The maximum atomic E-state index is 12.4. The van der Waals surface area contributed by atoms with Gasteiger partial charge in [-0.3, -0.25) is 0 Å². The van der Waals surface area contributed by atoms with Crippen LogP contribution in [0.1, 0.15) is 11.1 Å². The molecule has 0 aliphatic rings. The van der Waals surface area contributed by atoms with Gasteiger partial charge in [0.25, 0.3) is 0 Å². The maximum Gasteiger partial charge on any atom is 0.420 e. The van der Waals surface area contributed by atoms with E-state index < -0.39 is 24.1 Å². The van der Waals surface area contributed by atoms with Crippen LogP contribution in [0, 0.1) is 11.3 Å². The molecule has 0 aliphatic carbocycles. The van der Waals surface area contributed by atoms with E-state index in [0.29, 0.717) is 12.1 Å². The Hall–Kier alpha value is -1.84. The monoisotopic (exact) mass is 237 g/mol. The summed E-state index contributed by atoms with van der Waals surface area (Å²) in [6.45, 7) is -3.35. The lowest BCUT2D eigenvalue weighted by atomic mass is 10.1. The Balaban J connectivity index is 3.23. The Labute approximate surface area is 86.9 Å². The maximum absolute atomic E-state index is 12.4. The van der Waals surface area contributed by atoms with Crippen molar-refractivity contribution in [3.8, 4) is 11.8 Å². The zero-order valence-corrected chi connectivity index (χ0v) is 7.55. The van der Waals surface area contributed by atoms with Crippen LogP contribution in [0.3, 0.4) is 0 Å². The third-order valence-electron chi connectivity index (χ3n) is 1.63. The largest absolute Gasteiger partial charge is 0.434 e. The summed E-state index contributed by atoms with van der Waals surface area (Å²) in [5.74, 6) is -0.999. The predicted octanol–water partition coefficient (Wildman–Crippen LogP) is 3.18. The summed E-state index contributed by atoms with van der Waals surface area (Å²) in [5, 5.41) is 8.39. The van der Waals surface area contributed by atoms with Gasteiger partial charge in [0.2, 0.25) is 0 Å². The second kappa shape index (κ2) is 4.35. The van der Waals surface area contributed by atoms with Crippen LogP contribution in [0.4, 0.5) is 22.0 Å². The van der Waals surface area contributed by atoms with E-state index in [9.17, 15) is 22.0 Å². The predicted molar refractivity (Wildman–Crippen MR) is 42.8 cm³/mol. The normalized spacial score (nSPS) is 11.3. The third-order valence-corrected chi connectivity index (χ3v) is 1.63. The van der Waals surface area contributed by atoms with Crippen LogP contribution >= 0.6 is 0 Å². The highest BCUT2D eigenvalue weighted by atomic mass is 19.4. The number of hydrogen-bond donors (Lipinski definition) is 0. The highest BCUT2D eigenvalue weighted by Crippen LogP contribution is 2.37. The van der Waals surface area contributed by atoms with Gasteiger partial charge in [0.15, 0.2) is 0 Å². The van der Waals surface area contributed by atoms with Gasteiger partial charge in [-0.1, -0.05) is 0 Å². The molecule has 0 aliphatic heterocycles. The van der Waals surface area contributed by atoms with Gasteiger partial charge in [0, 0.05) is 0 Å². The van der Waals surface area contributed by atoms with Crippen molar-refractivity contribution in [2.24, 2.45) is 0 Å². The van der Waals surface area contributed by atoms with Crippen LogP contribution < -0.4 is 4.74 Å². The number of alkyl halides is 5. The molecule has 0 saturated heterocycles. The van der Waals surface area contributed by atoms with Crippen molar-refractivity contribution >= 4 is 0 Å². The van der Waals surface area contributed by atoms with Gasteiger partial charge in [-0.25, -0.2) is 0 Å². The summed E-state index contributed by atoms with van der Waals surface area (Å²) in [6, 6.07) is 3.59. The van der Waals surface area contributed by atoms with Crippen molar-refractivity contribution in [1.29, 1.82) is 5.26 Å². The average molecular weight is 237 g/mol. The quantitative estimate of drug-likeness (QED) is 0.740. The summed E-state index contributed by atoms with van der Waals surface area (Å²) < 4.78 is 64.5. The van der Waals surface area contributed by atoms with Crippen LogP contribution in [0.5, 0.6) is 5.75 Å². The van der Waals surface area contributed by atoms with E-state index in [4.69, 9.17) is 5.26 Å². The van der Waals surface area contributed by atoms with Crippen LogP contribution in [0.25, 0.3) is 0 Å². The molecule has 2 nitrogen and oxygen atoms in total. The molecule has 86 valence electrons. The second-order valence-corrected chi connectivity index (χ2v) is 2.70. The molecule has 0 saturated carbocycles. The highest BCUT2D eigenvalue weighted by Gasteiger charge is 2.35. The number of hydrogen-bond acceptors (Lipinski definition) is 2. The number of rotatable bonds is 2. The topological polar surface area (TPSA) is 33.0 Å². The molecule has 0 aromatic heterocycles. The van der Waals surface area contributed by atoms with E-state index >= 15 is 0 Å². The van der Waals surface area contributed by atoms with Crippen LogP contribution in [0.15, 0.2) is 18.2 Å². The van der Waals surface area contributed by atoms with Crippen molar-refractivity contribution in [2.45, 2.75) is 12.8 Å². The molecule has 0 radical (unpaired) electrons. The Morgan fingerprint density at radius 1 is 1.25 bits per heavy atom. The first-order chi connectivity index (χ1) is 7.34. The Bertz CT molecular complexity index is 421. The minimum Gasteiger partial charge on any atom is -0.434 e. The van der Waals surface area contributed by atoms with Crippen molar-refractivity contribution in [2.75, 3.05) is 0 Å². The summed E-state index contributed by atoms with van der Waals surface area (Å²) in [5.41, 5.74) is -1.68. The van der Waals surface area contributed by atoms with Crippen molar-refractivity contribution < 1.29 is 26.7 Å². The Morgan fingerprint density at radius 2 is 1.88 bits per heavy atom. The molecule has 0 fully saturated rings. The van der Waals surface area contributed by atoms with Crippen molar-refractivity contribution in [3.63, 3.8) is 0 Å². The minimum absolute atomic E-state index is 0.283. The van der Waals surface area contributed by atoms with Crippen molar-refractivity contribution in [3.05, 3.63) is 29.3 Å². The lowest BCUT2D eigenvalue weighted by molar-refractivity contribution is -0.141. The third kappa shape index (κ3) is 2.82. The molecule has 0 unspecified atom stereocenters. The highest BCUT2D eigenvalue weighted by molar-refractivity contribution is 5.43. The first-order valence-corrected chi connectivity index (χ1v) is 3.90. The molecule has 0 amide bonds. The average Bonchev–Trinajstić information content (AvgIpc) is 2.15. The molecule has 0 atom stereocenters. The molecule has 1 aromatic rings. The molecule has 0 spiro atoms. The zero-order chi connectivity index (χ0) is 12.3. The standard InChI is InChI=1S/C9H4F5NO/c10-8(11)16-7-2-1-5(4-15)3-6(7)9(12,13)14/h1-3,8H. The minimum atomic E-state index is -4.85. The van der Waals surface area contributed by atoms with E-state index in [2.05, 4.69) is 4.74 Å². The van der Waals surface area contributed by atoms with Gasteiger partial charge in [0.05, 0.1) is 17.2 Å². The fraction of sp³-hybridized carbons (Fsp3) is 0.222. The van der Waals surface area contributed by atoms with Gasteiger partial charge < -0.3 is 4.74 Å².